The second-order valence-electron chi connectivity index (χ2n) is 37.1. The Morgan fingerprint density at radius 2 is 0.684 bits per heavy atom. The molecule has 4 N–H and O–H groups in total. The summed E-state index contributed by atoms with van der Waals surface area (Å²) in [6, 6.07) is 56.0. The van der Waals surface area contributed by atoms with Crippen molar-refractivity contribution in [2.75, 3.05) is 78.8 Å². The smallest absolute Gasteiger partial charge is 0.223 e. The summed E-state index contributed by atoms with van der Waals surface area (Å²) in [5, 5.41) is 88.4. The molecule has 4 spiro atoms. The number of likely N-dealkylation sites (tertiary alicyclic amines) is 4. The van der Waals surface area contributed by atoms with E-state index in [2.05, 4.69) is 96.7 Å². The molecule has 31 heteroatoms. The maximum atomic E-state index is 12.6. The van der Waals surface area contributed by atoms with Crippen LogP contribution in [0.2, 0.25) is 0 Å². The third-order valence-corrected chi connectivity index (χ3v) is 30.4. The SMILES string of the molecule is CC(C)Oc1ccc(-c2nc(-c3cccc4c3CCC43CC(=O)N(CCO)C3)ns2)cc1C#N.CC(C)Oc1ccc(-c2ncc(-c3cccc4c3CCC43CC(=O)N(CCO)C3)s2)cc1C#N.CC(C)Oc1ccc(-c2nnc(-c3cccc4c3CCC43CC(=O)N(CCO)C3)s2)cc1C#N.CC(C)Oc1ccc(-c2nsc(-c3cccc4c3CCC43CC(=O)N(CCO)C3)n2)cc1C#N. The number of aliphatic hydroxyl groups excluding tert-OH is 4. The molecule has 4 aliphatic heterocycles. The van der Waals surface area contributed by atoms with Gasteiger partial charge in [-0.3, -0.25) is 19.2 Å². The van der Waals surface area contributed by atoms with Gasteiger partial charge in [0.05, 0.1) is 78.0 Å². The molecule has 696 valence electrons. The van der Waals surface area contributed by atoms with Crippen molar-refractivity contribution in [3.8, 4) is 133 Å². The van der Waals surface area contributed by atoms with Crippen LogP contribution in [0, 0.1) is 45.3 Å². The number of rotatable bonds is 24. The number of aromatic nitrogens is 7. The molecule has 4 atom stereocenters. The average Bonchev–Trinajstić information content (AvgIpc) is 1.59. The van der Waals surface area contributed by atoms with Crippen LogP contribution < -0.4 is 18.9 Å². The number of amides is 4. The number of carbonyl (C=O) groups excluding carboxylic acids is 4. The fraction of sp³-hybridized carbons (Fsp3) is 0.381. The fourth-order valence-corrected chi connectivity index (χ4v) is 24.2. The second kappa shape index (κ2) is 40.1. The van der Waals surface area contributed by atoms with Gasteiger partial charge in [0.1, 0.15) is 72.3 Å². The highest BCUT2D eigenvalue weighted by Crippen LogP contribution is 2.55. The van der Waals surface area contributed by atoms with Crippen molar-refractivity contribution in [3.05, 3.63) is 219 Å². The van der Waals surface area contributed by atoms with Crippen LogP contribution in [0.3, 0.4) is 0 Å². The van der Waals surface area contributed by atoms with Gasteiger partial charge in [0.2, 0.25) is 23.6 Å². The summed E-state index contributed by atoms with van der Waals surface area (Å²) in [5.74, 6) is 4.01. The molecule has 4 aromatic heterocycles. The predicted octanol–water partition coefficient (Wildman–Crippen LogP) is 16.4. The standard InChI is InChI=1S/C27H27N3O3S.3C26H26N4O3S/c1-17(2)33-23-7-6-18(12-19(23)14-28)26-29-15-24(34-26)21-4-3-5-22-20(21)8-9-27(22)13-25(32)30(16-27)10-11-31;1-16(2)33-22-7-6-17(12-18(22)14-27)25-28-24(29-34-25)20-4-3-5-21-19(20)8-9-26(21)13-23(32)30(15-26)10-11-31;1-16(2)33-22-7-6-17(12-18(22)14-27)24-28-29-25(34-24)20-4-3-5-21-19(20)8-9-26(21)13-23(32)30(15-26)10-11-31;1-16(2)33-22-7-6-17(12-18(22)14-27)24-28-25(34-29-24)20-4-3-5-21-19(20)8-9-26(21)13-23(32)30(15-26)10-11-31/h3-7,12,15,17,31H,8-11,13,16H2,1-2H3;3*3-7,12,16,31H,8-11,13,15H2,1-2H3. The Labute approximate surface area is 806 Å². The monoisotopic (exact) mass is 1900 g/mol. The summed E-state index contributed by atoms with van der Waals surface area (Å²) in [6.45, 7) is 19.6. The lowest BCUT2D eigenvalue weighted by atomic mass is 9.80. The van der Waals surface area contributed by atoms with Crippen LogP contribution in [0.1, 0.15) is 174 Å². The highest BCUT2D eigenvalue weighted by molar-refractivity contribution is 7.18. The summed E-state index contributed by atoms with van der Waals surface area (Å²) < 4.78 is 32.2. The number of aliphatic hydroxyl groups is 4. The number of nitriles is 4. The lowest BCUT2D eigenvalue weighted by Gasteiger charge is -2.25. The number of nitrogens with zero attached hydrogens (tertiary/aromatic N) is 15. The van der Waals surface area contributed by atoms with Gasteiger partial charge in [-0.2, -0.15) is 29.8 Å². The minimum atomic E-state index is -0.190. The average molecular weight is 1900 g/mol. The maximum Gasteiger partial charge on any atom is 0.223 e. The Morgan fingerprint density at radius 3 is 1.07 bits per heavy atom. The van der Waals surface area contributed by atoms with Crippen LogP contribution in [-0.4, -0.2) is 201 Å². The Bertz CT molecular complexity index is 5980. The fourth-order valence-electron chi connectivity index (χ4n) is 20.9. The van der Waals surface area contributed by atoms with E-state index in [-0.39, 0.29) is 96.1 Å². The quantitative estimate of drug-likeness (QED) is 0.0436. The summed E-state index contributed by atoms with van der Waals surface area (Å²) in [5.41, 5.74) is 18.7. The van der Waals surface area contributed by atoms with E-state index in [4.69, 9.17) is 28.9 Å². The molecule has 0 saturated carbocycles. The third-order valence-electron chi connectivity index (χ3n) is 26.8. The van der Waals surface area contributed by atoms with Crippen LogP contribution in [0.4, 0.5) is 0 Å². The molecule has 20 rings (SSSR count). The van der Waals surface area contributed by atoms with Crippen molar-refractivity contribution >= 4 is 69.4 Å². The molecule has 4 fully saturated rings. The topological polar surface area (TPSA) is 384 Å². The Balaban J connectivity index is 0.000000126. The minimum Gasteiger partial charge on any atom is -0.490 e. The van der Waals surface area contributed by atoms with Crippen molar-refractivity contribution in [3.63, 3.8) is 0 Å². The number of ether oxygens (including phenoxy) is 4. The molecule has 4 unspecified atom stereocenters. The number of benzene rings is 8. The lowest BCUT2D eigenvalue weighted by Crippen LogP contribution is -2.32. The molecule has 0 bridgehead atoms. The van der Waals surface area contributed by atoms with Crippen molar-refractivity contribution in [1.82, 2.24) is 53.5 Å². The lowest BCUT2D eigenvalue weighted by molar-refractivity contribution is -0.128. The zero-order valence-electron chi connectivity index (χ0n) is 77.1. The van der Waals surface area contributed by atoms with Crippen molar-refractivity contribution in [1.29, 1.82) is 21.0 Å². The van der Waals surface area contributed by atoms with Crippen molar-refractivity contribution in [2.24, 2.45) is 0 Å². The minimum absolute atomic E-state index is 0.00114. The van der Waals surface area contributed by atoms with Crippen LogP contribution in [-0.2, 0) is 66.5 Å². The largest absolute Gasteiger partial charge is 0.490 e. The Morgan fingerprint density at radius 1 is 0.368 bits per heavy atom. The molecular formula is C105H105N15O12S4. The molecule has 4 saturated heterocycles. The van der Waals surface area contributed by atoms with Gasteiger partial charge in [0.15, 0.2) is 11.6 Å². The van der Waals surface area contributed by atoms with Gasteiger partial charge in [-0.05, 0) is 253 Å². The van der Waals surface area contributed by atoms with E-state index in [9.17, 15) is 60.7 Å². The molecule has 4 aliphatic carbocycles. The molecule has 136 heavy (non-hydrogen) atoms. The number of thiazole rings is 1. The molecule has 8 aliphatic rings. The zero-order chi connectivity index (χ0) is 95.5. The number of hydrogen-bond acceptors (Lipinski definition) is 27. The summed E-state index contributed by atoms with van der Waals surface area (Å²) >= 11 is 5.77. The molecule has 4 amide bonds. The van der Waals surface area contributed by atoms with E-state index in [1.54, 1.807) is 55.2 Å². The normalized spacial score (nSPS) is 19.1. The Kier molecular flexibility index (Phi) is 27.9. The number of fused-ring (bicyclic) bond motifs is 8. The third kappa shape index (κ3) is 19.0. The van der Waals surface area contributed by atoms with Gasteiger partial charge in [0.25, 0.3) is 0 Å². The first-order chi connectivity index (χ1) is 65.7. The second-order valence-corrected chi connectivity index (χ2v) is 40.6. The summed E-state index contributed by atoms with van der Waals surface area (Å²) in [6.07, 6.45) is 11.1. The van der Waals surface area contributed by atoms with Crippen molar-refractivity contribution in [2.45, 2.75) is 179 Å². The van der Waals surface area contributed by atoms with Crippen molar-refractivity contribution < 1.29 is 58.6 Å². The first-order valence-corrected chi connectivity index (χ1v) is 49.3. The molecule has 8 aromatic carbocycles. The zero-order valence-corrected chi connectivity index (χ0v) is 80.4. The Hall–Kier alpha value is -13.1. The van der Waals surface area contributed by atoms with E-state index < -0.39 is 0 Å². The van der Waals surface area contributed by atoms with E-state index >= 15 is 0 Å². The van der Waals surface area contributed by atoms with Gasteiger partial charge < -0.3 is 59.0 Å². The molecule has 27 nitrogen and oxygen atoms in total. The predicted molar refractivity (Wildman–Crippen MR) is 520 cm³/mol. The highest BCUT2D eigenvalue weighted by atomic mass is 32.1. The summed E-state index contributed by atoms with van der Waals surface area (Å²) in [7, 11) is 0. The molecule has 12 aromatic rings. The van der Waals surface area contributed by atoms with Gasteiger partial charge in [-0.1, -0.05) is 84.1 Å². The van der Waals surface area contributed by atoms with Gasteiger partial charge in [-0.15, -0.1) is 21.5 Å². The van der Waals surface area contributed by atoms with E-state index in [0.29, 0.717) is 135 Å². The molecule has 0 radical (unpaired) electrons. The number of β-amino-alcohol motifs (C(OH)–C–C–N with tert-alkyl or cyclic N) is 4. The van der Waals surface area contributed by atoms with Crippen LogP contribution in [0.15, 0.2) is 152 Å². The van der Waals surface area contributed by atoms with Gasteiger partial charge >= 0.3 is 0 Å². The number of carbonyl (C=O) groups is 4. The van der Waals surface area contributed by atoms with Gasteiger partial charge in [-0.25, -0.2) is 15.0 Å². The highest BCUT2D eigenvalue weighted by Gasteiger charge is 2.53. The van der Waals surface area contributed by atoms with Crippen LogP contribution in [0.25, 0.3) is 86.1 Å². The van der Waals surface area contributed by atoms with E-state index in [0.717, 1.165) is 120 Å². The van der Waals surface area contributed by atoms with Crippen LogP contribution in [0.5, 0.6) is 23.0 Å². The van der Waals surface area contributed by atoms with E-state index in [1.165, 1.54) is 84.5 Å². The summed E-state index contributed by atoms with van der Waals surface area (Å²) in [4.78, 5) is 72.7. The van der Waals surface area contributed by atoms with E-state index in [1.807, 2.05) is 134 Å². The van der Waals surface area contributed by atoms with Gasteiger partial charge in [0, 0.05) is 145 Å². The number of hydrogen-bond donors (Lipinski definition) is 4. The first-order valence-electron chi connectivity index (χ1n) is 46.1. The molecule has 8 heterocycles. The van der Waals surface area contributed by atoms with Crippen LogP contribution >= 0.6 is 45.7 Å². The first kappa shape index (κ1) is 94.7. The molecular weight excluding hydrogens is 1790 g/mol. The maximum absolute atomic E-state index is 12.6.